The van der Waals surface area contributed by atoms with Gasteiger partial charge in [0, 0.05) is 16.5 Å². The molecule has 0 heterocycles. The smallest absolute Gasteiger partial charge is 0.172 e. The molecule has 1 aromatic carbocycles. The van der Waals surface area contributed by atoms with E-state index in [-0.39, 0.29) is 12.2 Å². The van der Waals surface area contributed by atoms with Gasteiger partial charge in [0.15, 0.2) is 17.8 Å². The molecular weight excluding hydrogens is 288 g/mol. The second-order valence-corrected chi connectivity index (χ2v) is 4.35. The lowest BCUT2D eigenvalue weighted by atomic mass is 10.0. The van der Waals surface area contributed by atoms with Gasteiger partial charge in [0.05, 0.1) is 19.8 Å². The Hall–Kier alpha value is -1.36. The van der Waals surface area contributed by atoms with E-state index < -0.39 is 0 Å². The van der Waals surface area contributed by atoms with E-state index in [4.69, 9.17) is 9.47 Å². The van der Waals surface area contributed by atoms with Crippen molar-refractivity contribution in [3.05, 3.63) is 21.7 Å². The Morgan fingerprint density at radius 3 is 2.35 bits per heavy atom. The summed E-state index contributed by atoms with van der Waals surface area (Å²) in [5, 5.41) is 0. The predicted octanol–water partition coefficient (Wildman–Crippen LogP) is 2.41. The lowest BCUT2D eigenvalue weighted by Gasteiger charge is -2.15. The average molecular weight is 301 g/mol. The number of benzene rings is 1. The van der Waals surface area contributed by atoms with Crippen molar-refractivity contribution < 1.29 is 19.1 Å². The zero-order chi connectivity index (χ0) is 13.0. The molecule has 5 heteroatoms. The first-order valence-corrected chi connectivity index (χ1v) is 5.72. The molecule has 17 heavy (non-hydrogen) atoms. The number of hydrogen-bond donors (Lipinski definition) is 0. The van der Waals surface area contributed by atoms with Gasteiger partial charge in [-0.2, -0.15) is 0 Å². The fourth-order valence-electron chi connectivity index (χ4n) is 1.61. The molecule has 0 saturated carbocycles. The molecule has 0 saturated heterocycles. The fraction of sp³-hybridized carbons (Fsp3) is 0.333. The Labute approximate surface area is 108 Å². The summed E-state index contributed by atoms with van der Waals surface area (Å²) in [6.45, 7) is 1.49. The number of carbonyl (C=O) groups excluding carboxylic acids is 2. The number of halogens is 1. The van der Waals surface area contributed by atoms with Gasteiger partial charge in [0.1, 0.15) is 5.78 Å². The molecule has 0 spiro atoms. The SMILES string of the molecule is COc1c(CC(C)=O)cc(Br)c(C=O)c1OC. The van der Waals surface area contributed by atoms with E-state index in [1.165, 1.54) is 21.1 Å². The zero-order valence-corrected chi connectivity index (χ0v) is 11.5. The highest BCUT2D eigenvalue weighted by atomic mass is 79.9. The van der Waals surface area contributed by atoms with Crippen molar-refractivity contribution in [1.29, 1.82) is 0 Å². The molecule has 0 aliphatic heterocycles. The van der Waals surface area contributed by atoms with E-state index in [0.717, 1.165) is 0 Å². The van der Waals surface area contributed by atoms with Crippen molar-refractivity contribution in [3.8, 4) is 11.5 Å². The van der Waals surface area contributed by atoms with Gasteiger partial charge < -0.3 is 9.47 Å². The van der Waals surface area contributed by atoms with E-state index in [2.05, 4.69) is 15.9 Å². The largest absolute Gasteiger partial charge is 0.493 e. The van der Waals surface area contributed by atoms with Crippen molar-refractivity contribution in [2.45, 2.75) is 13.3 Å². The number of hydrogen-bond acceptors (Lipinski definition) is 4. The van der Waals surface area contributed by atoms with Crippen molar-refractivity contribution in [2.75, 3.05) is 14.2 Å². The maximum Gasteiger partial charge on any atom is 0.172 e. The molecule has 0 amide bonds. The Bertz CT molecular complexity index is 454. The monoisotopic (exact) mass is 300 g/mol. The van der Waals surface area contributed by atoms with E-state index in [1.54, 1.807) is 6.07 Å². The van der Waals surface area contributed by atoms with E-state index in [9.17, 15) is 9.59 Å². The second kappa shape index (κ2) is 5.82. The number of aldehydes is 1. The number of ketones is 1. The third-order valence-electron chi connectivity index (χ3n) is 2.27. The molecule has 1 rings (SSSR count). The standard InChI is InChI=1S/C12H13BrO4/c1-7(15)4-8-5-10(13)9(6-14)12(17-3)11(8)16-2/h5-6H,4H2,1-3H3. The zero-order valence-electron chi connectivity index (χ0n) is 9.87. The molecule has 0 radical (unpaired) electrons. The third-order valence-corrected chi connectivity index (χ3v) is 2.92. The van der Waals surface area contributed by atoms with Crippen molar-refractivity contribution >= 4 is 28.0 Å². The van der Waals surface area contributed by atoms with Gasteiger partial charge >= 0.3 is 0 Å². The molecule has 92 valence electrons. The summed E-state index contributed by atoms with van der Waals surface area (Å²) in [6, 6.07) is 1.70. The molecule has 0 aromatic heterocycles. The number of carbonyl (C=O) groups is 2. The van der Waals surface area contributed by atoms with Crippen LogP contribution in [0.15, 0.2) is 10.5 Å². The predicted molar refractivity (Wildman–Crippen MR) is 67.0 cm³/mol. The van der Waals surface area contributed by atoms with Gasteiger partial charge in [0.2, 0.25) is 0 Å². The molecular formula is C12H13BrO4. The molecule has 0 aliphatic carbocycles. The van der Waals surface area contributed by atoms with Crippen LogP contribution in [0.5, 0.6) is 11.5 Å². The summed E-state index contributed by atoms with van der Waals surface area (Å²) in [7, 11) is 2.93. The summed E-state index contributed by atoms with van der Waals surface area (Å²) in [4.78, 5) is 22.1. The summed E-state index contributed by atoms with van der Waals surface area (Å²) < 4.78 is 11.0. The minimum Gasteiger partial charge on any atom is -0.493 e. The lowest BCUT2D eigenvalue weighted by Crippen LogP contribution is -2.04. The maximum atomic E-state index is 11.2. The molecule has 0 aliphatic rings. The minimum absolute atomic E-state index is 0.0103. The van der Waals surface area contributed by atoms with Crippen LogP contribution < -0.4 is 9.47 Å². The molecule has 4 nitrogen and oxygen atoms in total. The molecule has 0 fully saturated rings. The van der Waals surface area contributed by atoms with Crippen molar-refractivity contribution in [2.24, 2.45) is 0 Å². The normalized spacial score (nSPS) is 9.88. The first kappa shape index (κ1) is 13.7. The lowest BCUT2D eigenvalue weighted by molar-refractivity contribution is -0.116. The van der Waals surface area contributed by atoms with Crippen LogP contribution in [0.25, 0.3) is 0 Å². The highest BCUT2D eigenvalue weighted by Crippen LogP contribution is 2.38. The van der Waals surface area contributed by atoms with Crippen molar-refractivity contribution in [3.63, 3.8) is 0 Å². The Balaban J connectivity index is 3.46. The van der Waals surface area contributed by atoms with Crippen molar-refractivity contribution in [1.82, 2.24) is 0 Å². The van der Waals surface area contributed by atoms with Crippen LogP contribution in [0.2, 0.25) is 0 Å². The second-order valence-electron chi connectivity index (χ2n) is 3.49. The first-order chi connectivity index (χ1) is 8.04. The summed E-state index contributed by atoms with van der Waals surface area (Å²) in [5.74, 6) is 0.775. The van der Waals surface area contributed by atoms with Gasteiger partial charge in [0.25, 0.3) is 0 Å². The summed E-state index contributed by atoms with van der Waals surface area (Å²) >= 11 is 3.27. The number of Topliss-reactive ketones (excluding diaryl/α,β-unsaturated/α-hetero) is 1. The van der Waals surface area contributed by atoms with Gasteiger partial charge in [-0.1, -0.05) is 0 Å². The molecule has 0 atom stereocenters. The van der Waals surface area contributed by atoms with Gasteiger partial charge in [-0.3, -0.25) is 9.59 Å². The number of rotatable bonds is 5. The molecule has 0 bridgehead atoms. The molecule has 1 aromatic rings. The van der Waals surface area contributed by atoms with Crippen LogP contribution in [-0.4, -0.2) is 26.3 Å². The summed E-state index contributed by atoms with van der Waals surface area (Å²) in [6.07, 6.45) is 0.917. The Morgan fingerprint density at radius 2 is 1.94 bits per heavy atom. The molecule has 0 unspecified atom stereocenters. The highest BCUT2D eigenvalue weighted by Gasteiger charge is 2.19. The fourth-order valence-corrected chi connectivity index (χ4v) is 2.16. The Morgan fingerprint density at radius 1 is 1.35 bits per heavy atom. The van der Waals surface area contributed by atoms with Crippen LogP contribution in [-0.2, 0) is 11.2 Å². The van der Waals surface area contributed by atoms with Gasteiger partial charge in [-0.05, 0) is 28.9 Å². The van der Waals surface area contributed by atoms with Crippen LogP contribution >= 0.6 is 15.9 Å². The molecule has 0 N–H and O–H groups in total. The number of methoxy groups -OCH3 is 2. The van der Waals surface area contributed by atoms with Crippen LogP contribution in [0.3, 0.4) is 0 Å². The maximum absolute atomic E-state index is 11.2. The average Bonchev–Trinajstić information content (AvgIpc) is 2.27. The topological polar surface area (TPSA) is 52.6 Å². The third kappa shape index (κ3) is 2.85. The minimum atomic E-state index is 0.0103. The quantitative estimate of drug-likeness (QED) is 0.784. The van der Waals surface area contributed by atoms with E-state index in [1.807, 2.05) is 0 Å². The number of ether oxygens (including phenoxy) is 2. The first-order valence-electron chi connectivity index (χ1n) is 4.93. The Kier molecular flexibility index (Phi) is 4.69. The van der Waals surface area contributed by atoms with Crippen LogP contribution in [0.4, 0.5) is 0 Å². The van der Waals surface area contributed by atoms with Gasteiger partial charge in [-0.15, -0.1) is 0 Å². The summed E-state index contributed by atoms with van der Waals surface area (Å²) in [5.41, 5.74) is 1.06. The highest BCUT2D eigenvalue weighted by molar-refractivity contribution is 9.10. The van der Waals surface area contributed by atoms with Crippen LogP contribution in [0, 0.1) is 0 Å². The van der Waals surface area contributed by atoms with E-state index in [0.29, 0.717) is 33.4 Å². The van der Waals surface area contributed by atoms with Gasteiger partial charge in [-0.25, -0.2) is 0 Å². The van der Waals surface area contributed by atoms with Crippen LogP contribution in [0.1, 0.15) is 22.8 Å². The van der Waals surface area contributed by atoms with E-state index >= 15 is 0 Å².